The number of halogens is 5. The van der Waals surface area contributed by atoms with Gasteiger partial charge in [0, 0.05) is 0 Å². The molecule has 0 unspecified atom stereocenters. The minimum Gasteiger partial charge on any atom is -0.489 e. The lowest BCUT2D eigenvalue weighted by Crippen LogP contribution is -2.09. The van der Waals surface area contributed by atoms with Crippen LogP contribution in [0.25, 0.3) is 0 Å². The molecule has 2 aromatic rings. The van der Waals surface area contributed by atoms with Crippen LogP contribution in [0.5, 0.6) is 17.2 Å². The smallest absolute Gasteiger partial charge is 0.420 e. The maximum atomic E-state index is 13.5. The van der Waals surface area contributed by atoms with Gasteiger partial charge in [-0.2, -0.15) is 13.2 Å². The highest BCUT2D eigenvalue weighted by Gasteiger charge is 2.35. The van der Waals surface area contributed by atoms with Gasteiger partial charge in [-0.3, -0.25) is 0 Å². The minimum atomic E-state index is -4.54. The van der Waals surface area contributed by atoms with E-state index in [0.717, 1.165) is 37.3 Å². The number of benzene rings is 2. The van der Waals surface area contributed by atoms with Crippen LogP contribution < -0.4 is 9.47 Å². The summed E-state index contributed by atoms with van der Waals surface area (Å²) in [5, 5.41) is 0. The van der Waals surface area contributed by atoms with Crippen LogP contribution in [0.4, 0.5) is 13.2 Å². The van der Waals surface area contributed by atoms with Crippen LogP contribution >= 0.6 is 31.9 Å². The van der Waals surface area contributed by atoms with Gasteiger partial charge in [0.1, 0.15) is 29.4 Å². The van der Waals surface area contributed by atoms with Crippen molar-refractivity contribution in [3.8, 4) is 17.2 Å². The average molecular weight is 506 g/mol. The summed E-state index contributed by atoms with van der Waals surface area (Å²) >= 11 is 6.28. The highest BCUT2D eigenvalue weighted by molar-refractivity contribution is 9.28. The Bertz CT molecular complexity index is 844. The van der Waals surface area contributed by atoms with Crippen LogP contribution in [0.15, 0.2) is 45.9 Å². The second-order valence-electron chi connectivity index (χ2n) is 6.16. The summed E-state index contributed by atoms with van der Waals surface area (Å²) in [6, 6.07) is 9.52. The van der Waals surface area contributed by atoms with E-state index in [9.17, 15) is 13.2 Å². The summed E-state index contributed by atoms with van der Waals surface area (Å²) < 4.78 is 52.1. The predicted octanol–water partition coefficient (Wildman–Crippen LogP) is 7.39. The molecule has 0 N–H and O–H groups in total. The number of alkyl halides is 3. The lowest BCUT2D eigenvalue weighted by atomic mass is 9.91. The van der Waals surface area contributed by atoms with Crippen LogP contribution in [-0.4, -0.2) is 6.61 Å². The summed E-state index contributed by atoms with van der Waals surface area (Å²) in [5.41, 5.74) is 1.44. The molecule has 0 fully saturated rings. The molecule has 27 heavy (non-hydrogen) atoms. The van der Waals surface area contributed by atoms with E-state index in [1.807, 2.05) is 6.07 Å². The first-order valence-corrected chi connectivity index (χ1v) is 10.1. The molecule has 0 atom stereocenters. The molecule has 0 saturated heterocycles. The molecule has 0 aliphatic heterocycles. The SMILES string of the molecule is FC(F)(F)c1cc(Oc2cccc3c2CCCC3)ccc1OCC=C(Br)Br. The van der Waals surface area contributed by atoms with E-state index in [1.165, 1.54) is 17.7 Å². The Morgan fingerprint density at radius 3 is 2.56 bits per heavy atom. The van der Waals surface area contributed by atoms with Gasteiger partial charge in [0.05, 0.1) is 3.39 Å². The van der Waals surface area contributed by atoms with E-state index >= 15 is 0 Å². The molecule has 0 saturated carbocycles. The summed E-state index contributed by atoms with van der Waals surface area (Å²) in [5.74, 6) is 0.536. The normalized spacial score (nSPS) is 13.7. The maximum Gasteiger partial charge on any atom is 0.420 e. The van der Waals surface area contributed by atoms with E-state index in [4.69, 9.17) is 9.47 Å². The quantitative estimate of drug-likeness (QED) is 0.421. The molecule has 2 aromatic carbocycles. The molecular weight excluding hydrogens is 489 g/mol. The number of ether oxygens (including phenoxy) is 2. The van der Waals surface area contributed by atoms with E-state index in [2.05, 4.69) is 37.9 Å². The van der Waals surface area contributed by atoms with Crippen molar-refractivity contribution in [1.29, 1.82) is 0 Å². The van der Waals surface area contributed by atoms with Gasteiger partial charge in [-0.05, 0) is 99.0 Å². The van der Waals surface area contributed by atoms with Crippen molar-refractivity contribution in [3.05, 3.63) is 62.6 Å². The van der Waals surface area contributed by atoms with Crippen molar-refractivity contribution < 1.29 is 22.6 Å². The topological polar surface area (TPSA) is 18.5 Å². The van der Waals surface area contributed by atoms with Crippen molar-refractivity contribution in [1.82, 2.24) is 0 Å². The van der Waals surface area contributed by atoms with E-state index in [-0.39, 0.29) is 18.1 Å². The first-order valence-electron chi connectivity index (χ1n) is 8.48. The van der Waals surface area contributed by atoms with Gasteiger partial charge in [0.15, 0.2) is 0 Å². The largest absolute Gasteiger partial charge is 0.489 e. The summed E-state index contributed by atoms with van der Waals surface area (Å²) in [6.07, 6.45) is 1.07. The molecule has 1 aliphatic rings. The highest BCUT2D eigenvalue weighted by atomic mass is 79.9. The van der Waals surface area contributed by atoms with Gasteiger partial charge in [-0.15, -0.1) is 0 Å². The Labute approximate surface area is 172 Å². The van der Waals surface area contributed by atoms with Crippen molar-refractivity contribution >= 4 is 31.9 Å². The molecular formula is C20H17Br2F3O2. The molecule has 3 rings (SSSR count). The number of hydrogen-bond donors (Lipinski definition) is 0. The van der Waals surface area contributed by atoms with E-state index < -0.39 is 11.7 Å². The fourth-order valence-corrected chi connectivity index (χ4v) is 3.35. The summed E-state index contributed by atoms with van der Waals surface area (Å²) in [4.78, 5) is 0. The molecule has 0 heterocycles. The maximum absolute atomic E-state index is 13.5. The van der Waals surface area contributed by atoms with Crippen LogP contribution in [0, 0.1) is 0 Å². The minimum absolute atomic E-state index is 0.00130. The fourth-order valence-electron chi connectivity index (χ4n) is 3.08. The second kappa shape index (κ2) is 8.69. The highest BCUT2D eigenvalue weighted by Crippen LogP contribution is 2.40. The lowest BCUT2D eigenvalue weighted by Gasteiger charge is -2.20. The van der Waals surface area contributed by atoms with Gasteiger partial charge in [0.2, 0.25) is 0 Å². The molecule has 0 amide bonds. The molecule has 7 heteroatoms. The summed E-state index contributed by atoms with van der Waals surface area (Å²) in [6.45, 7) is 0.00130. The predicted molar refractivity (Wildman–Crippen MR) is 106 cm³/mol. The molecule has 0 aromatic heterocycles. The van der Waals surface area contributed by atoms with Crippen molar-refractivity contribution in [3.63, 3.8) is 0 Å². The number of hydrogen-bond acceptors (Lipinski definition) is 2. The Kier molecular flexibility index (Phi) is 6.52. The van der Waals surface area contributed by atoms with Gasteiger partial charge in [-0.25, -0.2) is 0 Å². The Hall–Kier alpha value is -1.47. The Morgan fingerprint density at radius 2 is 1.81 bits per heavy atom. The third kappa shape index (κ3) is 5.29. The first-order chi connectivity index (χ1) is 12.8. The van der Waals surface area contributed by atoms with E-state index in [1.54, 1.807) is 12.1 Å². The van der Waals surface area contributed by atoms with Gasteiger partial charge in [0.25, 0.3) is 0 Å². The molecule has 0 bridgehead atoms. The van der Waals surface area contributed by atoms with Crippen LogP contribution in [0.3, 0.4) is 0 Å². The van der Waals surface area contributed by atoms with Crippen molar-refractivity contribution in [2.24, 2.45) is 0 Å². The molecule has 144 valence electrons. The molecule has 0 spiro atoms. The zero-order valence-corrected chi connectivity index (χ0v) is 17.5. The monoisotopic (exact) mass is 504 g/mol. The van der Waals surface area contributed by atoms with Gasteiger partial charge in [-0.1, -0.05) is 12.1 Å². The number of fused-ring (bicyclic) bond motifs is 1. The van der Waals surface area contributed by atoms with E-state index in [0.29, 0.717) is 9.14 Å². The third-order valence-corrected chi connectivity index (χ3v) is 4.96. The molecule has 1 aliphatic carbocycles. The van der Waals surface area contributed by atoms with Crippen molar-refractivity contribution in [2.45, 2.75) is 31.9 Å². The van der Waals surface area contributed by atoms with Gasteiger partial charge >= 0.3 is 6.18 Å². The van der Waals surface area contributed by atoms with Crippen LogP contribution in [0.2, 0.25) is 0 Å². The standard InChI is InChI=1S/C20H17Br2F3O2/c21-19(22)10-11-26-18-9-8-14(12-16(18)20(23,24)25)27-17-7-3-5-13-4-1-2-6-15(13)17/h3,5,7-10,12H,1-2,4,6,11H2. The molecule has 0 radical (unpaired) electrons. The Balaban J connectivity index is 1.88. The Morgan fingerprint density at radius 1 is 1.04 bits per heavy atom. The first kappa shape index (κ1) is 20.3. The van der Waals surface area contributed by atoms with Crippen LogP contribution in [-0.2, 0) is 19.0 Å². The number of aryl methyl sites for hydroxylation is 1. The van der Waals surface area contributed by atoms with Crippen molar-refractivity contribution in [2.75, 3.05) is 6.61 Å². The zero-order valence-electron chi connectivity index (χ0n) is 14.3. The summed E-state index contributed by atoms with van der Waals surface area (Å²) in [7, 11) is 0. The fraction of sp³-hybridized carbons (Fsp3) is 0.300. The van der Waals surface area contributed by atoms with Gasteiger partial charge < -0.3 is 9.47 Å². The third-order valence-electron chi connectivity index (χ3n) is 4.31. The number of rotatable bonds is 5. The molecule has 2 nitrogen and oxygen atoms in total. The van der Waals surface area contributed by atoms with Crippen LogP contribution in [0.1, 0.15) is 29.5 Å². The lowest BCUT2D eigenvalue weighted by molar-refractivity contribution is -0.138. The zero-order chi connectivity index (χ0) is 19.4. The average Bonchev–Trinajstić information content (AvgIpc) is 2.62. The second-order valence-corrected chi connectivity index (χ2v) is 8.94.